The van der Waals surface area contributed by atoms with Gasteiger partial charge in [0.25, 0.3) is 0 Å². The quantitative estimate of drug-likeness (QED) is 0.873. The largest absolute Gasteiger partial charge is 0.478 e. The second kappa shape index (κ2) is 6.02. The summed E-state index contributed by atoms with van der Waals surface area (Å²) in [4.78, 5) is 10.8. The number of hydrogen-bond acceptors (Lipinski definition) is 2. The van der Waals surface area contributed by atoms with Gasteiger partial charge in [-0.3, -0.25) is 0 Å². The lowest BCUT2D eigenvalue weighted by molar-refractivity contribution is 0.0697. The summed E-state index contributed by atoms with van der Waals surface area (Å²) in [7, 11) is 0. The maximum Gasteiger partial charge on any atom is 0.335 e. The third-order valence-corrected chi connectivity index (χ3v) is 3.48. The molecule has 1 unspecified atom stereocenters. The zero-order valence-corrected chi connectivity index (χ0v) is 11.5. The van der Waals surface area contributed by atoms with Gasteiger partial charge in [-0.25, -0.2) is 4.79 Å². The predicted molar refractivity (Wildman–Crippen MR) is 77.2 cm³/mol. The van der Waals surface area contributed by atoms with Crippen LogP contribution in [0.3, 0.4) is 0 Å². The summed E-state index contributed by atoms with van der Waals surface area (Å²) < 4.78 is 0. The molecule has 0 bridgehead atoms. The summed E-state index contributed by atoms with van der Waals surface area (Å²) in [5, 5.41) is 12.4. The molecule has 0 aliphatic carbocycles. The minimum atomic E-state index is -0.872. The van der Waals surface area contributed by atoms with Crippen molar-refractivity contribution in [2.45, 2.75) is 32.7 Å². The molecule has 1 aliphatic heterocycles. The van der Waals surface area contributed by atoms with Crippen LogP contribution in [0.1, 0.15) is 42.6 Å². The molecule has 0 saturated heterocycles. The van der Waals surface area contributed by atoms with Crippen LogP contribution in [-0.2, 0) is 0 Å². The molecule has 1 heterocycles. The van der Waals surface area contributed by atoms with Crippen LogP contribution >= 0.6 is 0 Å². The summed E-state index contributed by atoms with van der Waals surface area (Å²) in [6.45, 7) is 5.37. The van der Waals surface area contributed by atoms with Crippen molar-refractivity contribution in [3.05, 3.63) is 41.5 Å². The summed E-state index contributed by atoms with van der Waals surface area (Å²) in [5.74, 6) is -0.185. The number of benzene rings is 1. The van der Waals surface area contributed by atoms with Gasteiger partial charge in [0, 0.05) is 12.6 Å². The maximum atomic E-state index is 10.8. The highest BCUT2D eigenvalue weighted by Gasteiger charge is 2.17. The number of nitrogens with one attached hydrogen (secondary N) is 1. The molecule has 2 rings (SSSR count). The van der Waals surface area contributed by atoms with Crippen LogP contribution in [-0.4, -0.2) is 23.7 Å². The van der Waals surface area contributed by atoms with Gasteiger partial charge in [-0.05, 0) is 42.0 Å². The summed E-state index contributed by atoms with van der Waals surface area (Å²) in [5.41, 5.74) is 2.80. The molecule has 0 saturated carbocycles. The Morgan fingerprint density at radius 1 is 1.37 bits per heavy atom. The average molecular weight is 259 g/mol. The van der Waals surface area contributed by atoms with Gasteiger partial charge in [0.1, 0.15) is 0 Å². The molecule has 0 spiro atoms. The van der Waals surface area contributed by atoms with E-state index in [1.54, 1.807) is 12.1 Å². The first-order chi connectivity index (χ1) is 9.06. The van der Waals surface area contributed by atoms with Crippen molar-refractivity contribution < 1.29 is 9.90 Å². The van der Waals surface area contributed by atoms with E-state index in [1.165, 1.54) is 12.0 Å². The Kier molecular flexibility index (Phi) is 4.38. The second-order valence-corrected chi connectivity index (χ2v) is 5.55. The van der Waals surface area contributed by atoms with Crippen LogP contribution in [0.4, 0.5) is 0 Å². The molecule has 1 aliphatic rings. The lowest BCUT2D eigenvalue weighted by atomic mass is 9.90. The van der Waals surface area contributed by atoms with E-state index < -0.39 is 5.97 Å². The summed E-state index contributed by atoms with van der Waals surface area (Å²) >= 11 is 0. The average Bonchev–Trinajstić information content (AvgIpc) is 2.38. The van der Waals surface area contributed by atoms with Gasteiger partial charge in [0.05, 0.1) is 5.56 Å². The number of carboxylic acid groups (broad SMARTS) is 1. The van der Waals surface area contributed by atoms with Gasteiger partial charge in [-0.15, -0.1) is 0 Å². The highest BCUT2D eigenvalue weighted by molar-refractivity contribution is 5.88. The van der Waals surface area contributed by atoms with E-state index in [1.807, 2.05) is 12.1 Å². The van der Waals surface area contributed by atoms with Gasteiger partial charge in [0.15, 0.2) is 0 Å². The maximum absolute atomic E-state index is 10.8. The zero-order chi connectivity index (χ0) is 13.8. The molecule has 3 heteroatoms. The fourth-order valence-electron chi connectivity index (χ4n) is 2.57. The van der Waals surface area contributed by atoms with Crippen molar-refractivity contribution in [2.24, 2.45) is 5.92 Å². The topological polar surface area (TPSA) is 49.3 Å². The van der Waals surface area contributed by atoms with Crippen LogP contribution in [0.2, 0.25) is 0 Å². The molecular formula is C16H21NO2. The van der Waals surface area contributed by atoms with Crippen molar-refractivity contribution in [3.63, 3.8) is 0 Å². The Bertz CT molecular complexity index is 474. The van der Waals surface area contributed by atoms with E-state index >= 15 is 0 Å². The highest BCUT2D eigenvalue weighted by Crippen LogP contribution is 2.25. The lowest BCUT2D eigenvalue weighted by Crippen LogP contribution is -2.33. The minimum absolute atomic E-state index is 0.344. The molecule has 0 amide bonds. The van der Waals surface area contributed by atoms with E-state index in [0.29, 0.717) is 17.5 Å². The number of carboxylic acids is 1. The number of rotatable bonds is 4. The first-order valence-electron chi connectivity index (χ1n) is 6.82. The van der Waals surface area contributed by atoms with E-state index in [2.05, 4.69) is 25.2 Å². The Balaban J connectivity index is 2.09. The third kappa shape index (κ3) is 3.67. The fourth-order valence-corrected chi connectivity index (χ4v) is 2.57. The van der Waals surface area contributed by atoms with Gasteiger partial charge in [0.2, 0.25) is 0 Å². The Morgan fingerprint density at radius 3 is 2.63 bits per heavy atom. The standard InChI is InChI=1S/C16H21NO2/c1-11(2)9-15-10-14(7-8-17-15)12-3-5-13(6-4-12)16(18)19/h3-7,11,15,17H,8-10H2,1-2H3,(H,18,19). The smallest absolute Gasteiger partial charge is 0.335 e. The molecule has 0 radical (unpaired) electrons. The van der Waals surface area contributed by atoms with Gasteiger partial charge in [-0.1, -0.05) is 32.1 Å². The molecule has 1 atom stereocenters. The van der Waals surface area contributed by atoms with Crippen molar-refractivity contribution >= 4 is 11.5 Å². The highest BCUT2D eigenvalue weighted by atomic mass is 16.4. The molecule has 102 valence electrons. The van der Waals surface area contributed by atoms with Crippen molar-refractivity contribution in [1.29, 1.82) is 0 Å². The Hall–Kier alpha value is -1.61. The molecule has 1 aromatic carbocycles. The monoisotopic (exact) mass is 259 g/mol. The third-order valence-electron chi connectivity index (χ3n) is 3.48. The minimum Gasteiger partial charge on any atom is -0.478 e. The van der Waals surface area contributed by atoms with Gasteiger partial charge >= 0.3 is 5.97 Å². The summed E-state index contributed by atoms with van der Waals surface area (Å²) in [6.07, 6.45) is 4.39. The molecule has 1 aromatic rings. The molecule has 3 nitrogen and oxygen atoms in total. The first kappa shape index (κ1) is 13.8. The normalized spacial score (nSPS) is 19.3. The Morgan fingerprint density at radius 2 is 2.05 bits per heavy atom. The molecule has 2 N–H and O–H groups in total. The van der Waals surface area contributed by atoms with E-state index in [4.69, 9.17) is 5.11 Å². The van der Waals surface area contributed by atoms with Gasteiger partial charge in [-0.2, -0.15) is 0 Å². The molecule has 0 fully saturated rings. The van der Waals surface area contributed by atoms with Crippen LogP contribution in [0.25, 0.3) is 5.57 Å². The number of hydrogen-bond donors (Lipinski definition) is 2. The van der Waals surface area contributed by atoms with Crippen molar-refractivity contribution in [1.82, 2.24) is 5.32 Å². The van der Waals surface area contributed by atoms with E-state index in [9.17, 15) is 4.79 Å². The molecular weight excluding hydrogens is 238 g/mol. The van der Waals surface area contributed by atoms with Crippen LogP contribution < -0.4 is 5.32 Å². The van der Waals surface area contributed by atoms with Crippen LogP contribution in [0, 0.1) is 5.92 Å². The Labute approximate surface area is 114 Å². The lowest BCUT2D eigenvalue weighted by Gasteiger charge is -2.26. The molecule has 0 aromatic heterocycles. The zero-order valence-electron chi connectivity index (χ0n) is 11.5. The first-order valence-corrected chi connectivity index (χ1v) is 6.82. The SMILES string of the molecule is CC(C)CC1CC(c2ccc(C(=O)O)cc2)=CCN1. The van der Waals surface area contributed by atoms with E-state index in [0.717, 1.165) is 18.5 Å². The van der Waals surface area contributed by atoms with Crippen molar-refractivity contribution in [2.75, 3.05) is 6.54 Å². The molecule has 19 heavy (non-hydrogen) atoms. The number of aromatic carboxylic acids is 1. The fraction of sp³-hybridized carbons (Fsp3) is 0.438. The predicted octanol–water partition coefficient (Wildman–Crippen LogP) is 3.18. The van der Waals surface area contributed by atoms with Crippen LogP contribution in [0.15, 0.2) is 30.3 Å². The number of carbonyl (C=O) groups is 1. The van der Waals surface area contributed by atoms with E-state index in [-0.39, 0.29) is 0 Å². The summed E-state index contributed by atoms with van der Waals surface area (Å²) in [6, 6.07) is 7.70. The second-order valence-electron chi connectivity index (χ2n) is 5.55. The van der Waals surface area contributed by atoms with Crippen LogP contribution in [0.5, 0.6) is 0 Å². The van der Waals surface area contributed by atoms with Gasteiger partial charge < -0.3 is 10.4 Å². The van der Waals surface area contributed by atoms with Crippen molar-refractivity contribution in [3.8, 4) is 0 Å².